The first-order valence-corrected chi connectivity index (χ1v) is 5.25. The zero-order valence-electron chi connectivity index (χ0n) is 10.3. The van der Waals surface area contributed by atoms with E-state index in [9.17, 15) is 19.7 Å². The summed E-state index contributed by atoms with van der Waals surface area (Å²) in [5, 5.41) is 22.5. The third kappa shape index (κ3) is 2.97. The molecule has 0 aromatic heterocycles. The van der Waals surface area contributed by atoms with Crippen LogP contribution >= 0.6 is 0 Å². The first-order chi connectivity index (χ1) is 8.66. The lowest BCUT2D eigenvalue weighted by Gasteiger charge is -2.23. The maximum Gasteiger partial charge on any atom is 0.342 e. The second-order valence-corrected chi connectivity index (χ2v) is 4.38. The third-order valence-electron chi connectivity index (χ3n) is 2.51. The number of hydrogen-bond donors (Lipinski definition) is 3. The summed E-state index contributed by atoms with van der Waals surface area (Å²) in [5.74, 6) is -2.14. The molecule has 0 spiro atoms. The number of anilines is 1. The molecule has 0 atom stereocenters. The third-order valence-corrected chi connectivity index (χ3v) is 2.51. The summed E-state index contributed by atoms with van der Waals surface area (Å²) in [4.78, 5) is 32.3. The van der Waals surface area contributed by atoms with E-state index in [1.165, 1.54) is 26.0 Å². The van der Waals surface area contributed by atoms with Crippen LogP contribution in [0.15, 0.2) is 18.2 Å². The Kier molecular flexibility index (Phi) is 3.74. The number of carbonyl (C=O) groups excluding carboxylic acids is 1. The van der Waals surface area contributed by atoms with E-state index in [1.807, 2.05) is 0 Å². The number of amides is 1. The van der Waals surface area contributed by atoms with Crippen LogP contribution in [0.2, 0.25) is 0 Å². The summed E-state index contributed by atoms with van der Waals surface area (Å²) in [7, 11) is 0. The molecule has 1 amide bonds. The number of hydrogen-bond acceptors (Lipinski definition) is 5. The molecule has 8 nitrogen and oxygen atoms in total. The van der Waals surface area contributed by atoms with E-state index >= 15 is 0 Å². The van der Waals surface area contributed by atoms with Gasteiger partial charge in [-0.2, -0.15) is 0 Å². The monoisotopic (exact) mass is 267 g/mol. The molecule has 1 aromatic rings. The van der Waals surface area contributed by atoms with Gasteiger partial charge in [0.1, 0.15) is 16.8 Å². The van der Waals surface area contributed by atoms with Crippen molar-refractivity contribution in [3.63, 3.8) is 0 Å². The highest BCUT2D eigenvalue weighted by molar-refractivity contribution is 5.96. The molecule has 0 unspecified atom stereocenters. The van der Waals surface area contributed by atoms with Crippen molar-refractivity contribution < 1.29 is 19.6 Å². The van der Waals surface area contributed by atoms with Crippen molar-refractivity contribution in [1.82, 2.24) is 0 Å². The number of primary amides is 1. The van der Waals surface area contributed by atoms with E-state index in [0.29, 0.717) is 0 Å². The lowest BCUT2D eigenvalue weighted by molar-refractivity contribution is -0.384. The number of benzene rings is 1. The Labute approximate surface area is 108 Å². The minimum absolute atomic E-state index is 0.0753. The Balaban J connectivity index is 3.37. The van der Waals surface area contributed by atoms with Crippen LogP contribution in [0.4, 0.5) is 11.4 Å². The first-order valence-electron chi connectivity index (χ1n) is 5.25. The molecular formula is C11H13N3O5. The molecule has 19 heavy (non-hydrogen) atoms. The first kappa shape index (κ1) is 14.4. The summed E-state index contributed by atoms with van der Waals surface area (Å²) >= 11 is 0. The molecule has 0 aliphatic rings. The van der Waals surface area contributed by atoms with Crippen molar-refractivity contribution in [3.05, 3.63) is 33.9 Å². The van der Waals surface area contributed by atoms with Crippen LogP contribution in [0, 0.1) is 10.1 Å². The molecule has 0 fully saturated rings. The van der Waals surface area contributed by atoms with E-state index in [0.717, 1.165) is 6.07 Å². The molecule has 0 saturated heterocycles. The minimum atomic E-state index is -1.42. The van der Waals surface area contributed by atoms with Gasteiger partial charge in [0.15, 0.2) is 0 Å². The second-order valence-electron chi connectivity index (χ2n) is 4.38. The van der Waals surface area contributed by atoms with Gasteiger partial charge in [-0.3, -0.25) is 14.9 Å². The smallest absolute Gasteiger partial charge is 0.342 e. The fourth-order valence-corrected chi connectivity index (χ4v) is 1.41. The molecule has 0 saturated carbocycles. The van der Waals surface area contributed by atoms with Crippen molar-refractivity contribution in [2.75, 3.05) is 5.32 Å². The predicted octanol–water partition coefficient (Wildman–Crippen LogP) is 0.969. The standard InChI is InChI=1S/C11H13N3O5/c1-11(2,10(12)17)13-7-5-3-4-6(9(15)16)8(7)14(18)19/h3-5,13H,1-2H3,(H2,12,17)(H,15,16). The Morgan fingerprint density at radius 2 is 2.00 bits per heavy atom. The van der Waals surface area contributed by atoms with Crippen LogP contribution in [0.25, 0.3) is 0 Å². The van der Waals surface area contributed by atoms with Gasteiger partial charge >= 0.3 is 11.7 Å². The number of carbonyl (C=O) groups is 2. The van der Waals surface area contributed by atoms with Crippen molar-refractivity contribution in [1.29, 1.82) is 0 Å². The number of nitro groups is 1. The molecule has 1 rings (SSSR count). The molecular weight excluding hydrogens is 254 g/mol. The molecule has 8 heteroatoms. The second kappa shape index (κ2) is 4.92. The molecule has 0 bridgehead atoms. The number of nitrogens with zero attached hydrogens (tertiary/aromatic N) is 1. The molecule has 1 aromatic carbocycles. The maximum atomic E-state index is 11.2. The van der Waals surface area contributed by atoms with Gasteiger partial charge in [0.25, 0.3) is 0 Å². The van der Waals surface area contributed by atoms with Crippen LogP contribution in [0.5, 0.6) is 0 Å². The van der Waals surface area contributed by atoms with Crippen LogP contribution < -0.4 is 11.1 Å². The lowest BCUT2D eigenvalue weighted by atomic mass is 10.0. The fraction of sp³-hybridized carbons (Fsp3) is 0.273. The van der Waals surface area contributed by atoms with Gasteiger partial charge < -0.3 is 16.2 Å². The van der Waals surface area contributed by atoms with Crippen molar-refractivity contribution >= 4 is 23.3 Å². The number of carboxylic acids is 1. The summed E-state index contributed by atoms with van der Waals surface area (Å²) in [5.41, 5.74) is 2.76. The summed E-state index contributed by atoms with van der Waals surface area (Å²) in [6.45, 7) is 2.87. The van der Waals surface area contributed by atoms with E-state index in [2.05, 4.69) is 5.32 Å². The SMILES string of the molecule is CC(C)(Nc1cccc(C(=O)O)c1[N+](=O)[O-])C(N)=O. The zero-order valence-corrected chi connectivity index (χ0v) is 10.3. The average Bonchev–Trinajstić information content (AvgIpc) is 2.27. The highest BCUT2D eigenvalue weighted by Crippen LogP contribution is 2.30. The summed E-state index contributed by atoms with van der Waals surface area (Å²) in [6.07, 6.45) is 0. The number of carboxylic acid groups (broad SMARTS) is 1. The van der Waals surface area contributed by atoms with Crippen molar-refractivity contribution in [2.45, 2.75) is 19.4 Å². The Hall–Kier alpha value is -2.64. The topological polar surface area (TPSA) is 136 Å². The molecule has 0 aliphatic heterocycles. The molecule has 0 aliphatic carbocycles. The van der Waals surface area contributed by atoms with Crippen LogP contribution in [0.1, 0.15) is 24.2 Å². The predicted molar refractivity (Wildman–Crippen MR) is 67.0 cm³/mol. The van der Waals surface area contributed by atoms with Crippen LogP contribution in [-0.2, 0) is 4.79 Å². The number of para-hydroxylation sites is 1. The lowest BCUT2D eigenvalue weighted by Crippen LogP contribution is -2.45. The minimum Gasteiger partial charge on any atom is -0.477 e. The normalized spacial score (nSPS) is 10.8. The van der Waals surface area contributed by atoms with E-state index in [-0.39, 0.29) is 5.69 Å². The van der Waals surface area contributed by atoms with Gasteiger partial charge in [-0.25, -0.2) is 4.79 Å². The zero-order chi connectivity index (χ0) is 14.8. The number of nitrogens with one attached hydrogen (secondary N) is 1. The number of aromatic carboxylic acids is 1. The summed E-state index contributed by atoms with van der Waals surface area (Å²) in [6, 6.07) is 3.77. The largest absolute Gasteiger partial charge is 0.477 e. The van der Waals surface area contributed by atoms with Gasteiger partial charge in [0.2, 0.25) is 5.91 Å². The van der Waals surface area contributed by atoms with E-state index < -0.39 is 33.6 Å². The van der Waals surface area contributed by atoms with E-state index in [4.69, 9.17) is 10.8 Å². The van der Waals surface area contributed by atoms with Crippen LogP contribution in [0.3, 0.4) is 0 Å². The highest BCUT2D eigenvalue weighted by atomic mass is 16.6. The van der Waals surface area contributed by atoms with Gasteiger partial charge in [0.05, 0.1) is 4.92 Å². The molecule has 0 radical (unpaired) electrons. The average molecular weight is 267 g/mol. The number of rotatable bonds is 5. The van der Waals surface area contributed by atoms with Crippen molar-refractivity contribution in [2.24, 2.45) is 5.73 Å². The summed E-state index contributed by atoms with van der Waals surface area (Å²) < 4.78 is 0. The van der Waals surface area contributed by atoms with Gasteiger partial charge in [0, 0.05) is 0 Å². The maximum absolute atomic E-state index is 11.2. The molecule has 102 valence electrons. The molecule has 4 N–H and O–H groups in total. The molecule has 0 heterocycles. The number of nitrogens with two attached hydrogens (primary N) is 1. The quantitative estimate of drug-likeness (QED) is 0.537. The van der Waals surface area contributed by atoms with Crippen LogP contribution in [-0.4, -0.2) is 27.4 Å². The Bertz CT molecular complexity index is 553. The van der Waals surface area contributed by atoms with Crippen molar-refractivity contribution in [3.8, 4) is 0 Å². The Morgan fingerprint density at radius 1 is 1.42 bits per heavy atom. The fourth-order valence-electron chi connectivity index (χ4n) is 1.41. The Morgan fingerprint density at radius 3 is 2.42 bits per heavy atom. The van der Waals surface area contributed by atoms with Gasteiger partial charge in [-0.15, -0.1) is 0 Å². The van der Waals surface area contributed by atoms with Gasteiger partial charge in [-0.05, 0) is 26.0 Å². The van der Waals surface area contributed by atoms with E-state index in [1.54, 1.807) is 0 Å². The highest BCUT2D eigenvalue weighted by Gasteiger charge is 2.30. The van der Waals surface area contributed by atoms with Gasteiger partial charge in [-0.1, -0.05) is 6.07 Å². The number of nitro benzene ring substituents is 1.